The van der Waals surface area contributed by atoms with Crippen molar-refractivity contribution >= 4 is 5.91 Å². The van der Waals surface area contributed by atoms with Gasteiger partial charge in [-0.15, -0.1) is 0 Å². The molecule has 0 saturated carbocycles. The van der Waals surface area contributed by atoms with E-state index in [9.17, 15) is 4.79 Å². The van der Waals surface area contributed by atoms with Crippen LogP contribution < -0.4 is 15.4 Å². The molecule has 0 aromatic heterocycles. The summed E-state index contributed by atoms with van der Waals surface area (Å²) in [7, 11) is 1.63. The average molecular weight is 262 g/mol. The number of para-hydroxylation sites is 1. The largest absolute Gasteiger partial charge is 0.496 e. The van der Waals surface area contributed by atoms with E-state index < -0.39 is 0 Å². The summed E-state index contributed by atoms with van der Waals surface area (Å²) >= 11 is 0. The lowest BCUT2D eigenvalue weighted by molar-refractivity contribution is -0.120. The first kappa shape index (κ1) is 13.9. The van der Waals surface area contributed by atoms with E-state index in [1.807, 2.05) is 24.3 Å². The molecule has 2 N–H and O–H groups in total. The van der Waals surface area contributed by atoms with Crippen LogP contribution in [0.25, 0.3) is 0 Å². The highest BCUT2D eigenvalue weighted by Crippen LogP contribution is 2.17. The quantitative estimate of drug-likeness (QED) is 0.842. The van der Waals surface area contributed by atoms with Crippen molar-refractivity contribution in [3.63, 3.8) is 0 Å². The monoisotopic (exact) mass is 262 g/mol. The zero-order valence-corrected chi connectivity index (χ0v) is 11.4. The molecule has 1 saturated heterocycles. The van der Waals surface area contributed by atoms with E-state index in [4.69, 9.17) is 4.74 Å². The smallest absolute Gasteiger partial charge is 0.224 e. The molecule has 0 aliphatic carbocycles. The van der Waals surface area contributed by atoms with E-state index in [1.165, 1.54) is 0 Å². The summed E-state index contributed by atoms with van der Waals surface area (Å²) in [6.07, 6.45) is 2.68. The van der Waals surface area contributed by atoms with Crippen molar-refractivity contribution in [1.82, 2.24) is 10.6 Å². The van der Waals surface area contributed by atoms with Crippen molar-refractivity contribution < 1.29 is 9.53 Å². The summed E-state index contributed by atoms with van der Waals surface area (Å²) in [4.78, 5) is 11.9. The second kappa shape index (κ2) is 7.14. The Balaban J connectivity index is 1.80. The number of benzene rings is 1. The Morgan fingerprint density at radius 3 is 2.84 bits per heavy atom. The van der Waals surface area contributed by atoms with Crippen molar-refractivity contribution in [2.75, 3.05) is 26.7 Å². The van der Waals surface area contributed by atoms with E-state index in [-0.39, 0.29) is 5.91 Å². The number of piperidine rings is 1. The van der Waals surface area contributed by atoms with E-state index in [2.05, 4.69) is 10.6 Å². The third kappa shape index (κ3) is 4.24. The minimum absolute atomic E-state index is 0.0723. The minimum atomic E-state index is 0.0723. The fraction of sp³-hybridized carbons (Fsp3) is 0.533. The first-order chi connectivity index (χ1) is 9.29. The number of carbonyl (C=O) groups is 1. The third-order valence-corrected chi connectivity index (χ3v) is 3.59. The molecule has 104 valence electrons. The maximum atomic E-state index is 11.9. The number of methoxy groups -OCH3 is 1. The molecule has 1 aromatic rings. The molecule has 19 heavy (non-hydrogen) atoms. The number of hydrogen-bond acceptors (Lipinski definition) is 3. The van der Waals surface area contributed by atoms with Crippen LogP contribution in [0.2, 0.25) is 0 Å². The highest BCUT2D eigenvalue weighted by Gasteiger charge is 2.14. The molecule has 1 fully saturated rings. The predicted octanol–water partition coefficient (Wildman–Crippen LogP) is 1.35. The summed E-state index contributed by atoms with van der Waals surface area (Å²) in [5, 5.41) is 6.36. The highest BCUT2D eigenvalue weighted by molar-refractivity contribution is 5.79. The molecule has 0 radical (unpaired) electrons. The van der Waals surface area contributed by atoms with Gasteiger partial charge in [0.15, 0.2) is 0 Å². The second-order valence-electron chi connectivity index (χ2n) is 4.99. The van der Waals surface area contributed by atoms with E-state index in [0.29, 0.717) is 12.3 Å². The second-order valence-corrected chi connectivity index (χ2v) is 4.99. The lowest BCUT2D eigenvalue weighted by atomic mass is 9.98. The normalized spacial score (nSPS) is 16.1. The summed E-state index contributed by atoms with van der Waals surface area (Å²) in [6.45, 7) is 2.91. The number of ether oxygens (including phenoxy) is 1. The van der Waals surface area contributed by atoms with Crippen molar-refractivity contribution in [1.29, 1.82) is 0 Å². The third-order valence-electron chi connectivity index (χ3n) is 3.59. The number of nitrogens with one attached hydrogen (secondary N) is 2. The van der Waals surface area contributed by atoms with Crippen LogP contribution in [-0.4, -0.2) is 32.7 Å². The van der Waals surface area contributed by atoms with Crippen LogP contribution in [-0.2, 0) is 11.2 Å². The van der Waals surface area contributed by atoms with E-state index >= 15 is 0 Å². The Kier molecular flexibility index (Phi) is 5.21. The van der Waals surface area contributed by atoms with Crippen LogP contribution in [0.5, 0.6) is 5.75 Å². The van der Waals surface area contributed by atoms with Gasteiger partial charge in [-0.3, -0.25) is 4.79 Å². The van der Waals surface area contributed by atoms with Gasteiger partial charge in [-0.05, 0) is 37.9 Å². The zero-order chi connectivity index (χ0) is 13.5. The van der Waals surface area contributed by atoms with E-state index in [0.717, 1.165) is 43.8 Å². The summed E-state index contributed by atoms with van der Waals surface area (Å²) in [5.41, 5.74) is 0.938. The topological polar surface area (TPSA) is 50.4 Å². The van der Waals surface area contributed by atoms with Gasteiger partial charge in [-0.25, -0.2) is 0 Å². The van der Waals surface area contributed by atoms with Gasteiger partial charge in [0.1, 0.15) is 5.75 Å². The van der Waals surface area contributed by atoms with Crippen molar-refractivity contribution in [2.45, 2.75) is 19.3 Å². The molecular weight excluding hydrogens is 240 g/mol. The van der Waals surface area contributed by atoms with Crippen molar-refractivity contribution in [3.05, 3.63) is 29.8 Å². The molecule has 1 heterocycles. The molecule has 4 nitrogen and oxygen atoms in total. The summed E-state index contributed by atoms with van der Waals surface area (Å²) < 4.78 is 5.25. The summed E-state index contributed by atoms with van der Waals surface area (Å²) in [6, 6.07) is 7.66. The fourth-order valence-electron chi connectivity index (χ4n) is 2.43. The maximum absolute atomic E-state index is 11.9. The molecule has 2 rings (SSSR count). The number of amides is 1. The number of hydrogen-bond donors (Lipinski definition) is 2. The van der Waals surface area contributed by atoms with Crippen molar-refractivity contribution in [3.8, 4) is 5.75 Å². The van der Waals surface area contributed by atoms with Crippen LogP contribution in [0.3, 0.4) is 0 Å². The molecule has 0 atom stereocenters. The molecule has 0 bridgehead atoms. The van der Waals surface area contributed by atoms with Crippen LogP contribution in [0.1, 0.15) is 18.4 Å². The van der Waals surface area contributed by atoms with Gasteiger partial charge in [0.05, 0.1) is 13.5 Å². The molecule has 0 spiro atoms. The Morgan fingerprint density at radius 2 is 2.11 bits per heavy atom. The highest BCUT2D eigenvalue weighted by atomic mass is 16.5. The SMILES string of the molecule is COc1ccccc1CC(=O)NCC1CCNCC1. The zero-order valence-electron chi connectivity index (χ0n) is 11.4. The van der Waals surface area contributed by atoms with Gasteiger partial charge in [-0.1, -0.05) is 18.2 Å². The molecule has 0 unspecified atom stereocenters. The lowest BCUT2D eigenvalue weighted by Gasteiger charge is -2.22. The average Bonchev–Trinajstić information content (AvgIpc) is 2.47. The number of rotatable bonds is 5. The van der Waals surface area contributed by atoms with Gasteiger partial charge in [0.25, 0.3) is 0 Å². The molecule has 1 amide bonds. The van der Waals surface area contributed by atoms with E-state index in [1.54, 1.807) is 7.11 Å². The predicted molar refractivity (Wildman–Crippen MR) is 75.3 cm³/mol. The minimum Gasteiger partial charge on any atom is -0.496 e. The Hall–Kier alpha value is -1.55. The van der Waals surface area contributed by atoms with Crippen LogP contribution in [0.4, 0.5) is 0 Å². The Morgan fingerprint density at radius 1 is 1.37 bits per heavy atom. The molecular formula is C15H22N2O2. The molecule has 1 aliphatic heterocycles. The van der Waals surface area contributed by atoms with Gasteiger partial charge in [0.2, 0.25) is 5.91 Å². The lowest BCUT2D eigenvalue weighted by Crippen LogP contribution is -2.36. The van der Waals surface area contributed by atoms with Crippen LogP contribution in [0, 0.1) is 5.92 Å². The maximum Gasteiger partial charge on any atom is 0.224 e. The van der Waals surface area contributed by atoms with Gasteiger partial charge in [0, 0.05) is 12.1 Å². The van der Waals surface area contributed by atoms with Gasteiger partial charge < -0.3 is 15.4 Å². The first-order valence-corrected chi connectivity index (χ1v) is 6.89. The number of carbonyl (C=O) groups excluding carboxylic acids is 1. The van der Waals surface area contributed by atoms with Gasteiger partial charge >= 0.3 is 0 Å². The fourth-order valence-corrected chi connectivity index (χ4v) is 2.43. The molecule has 1 aromatic carbocycles. The Labute approximate surface area is 114 Å². The van der Waals surface area contributed by atoms with Crippen LogP contribution in [0.15, 0.2) is 24.3 Å². The molecule has 4 heteroatoms. The summed E-state index contributed by atoms with van der Waals surface area (Å²) in [5.74, 6) is 1.46. The van der Waals surface area contributed by atoms with Crippen molar-refractivity contribution in [2.24, 2.45) is 5.92 Å². The van der Waals surface area contributed by atoms with Gasteiger partial charge in [-0.2, -0.15) is 0 Å². The Bertz CT molecular complexity index is 414. The molecule has 1 aliphatic rings. The first-order valence-electron chi connectivity index (χ1n) is 6.89. The standard InChI is InChI=1S/C15H22N2O2/c1-19-14-5-3-2-4-13(14)10-15(18)17-11-12-6-8-16-9-7-12/h2-5,12,16H,6-11H2,1H3,(H,17,18). The van der Waals surface area contributed by atoms with Crippen LogP contribution >= 0.6 is 0 Å².